The first-order chi connectivity index (χ1) is 12.4. The largest absolute Gasteiger partial charge is 0.371 e. The molecule has 2 aromatic rings. The normalized spacial score (nSPS) is 21.8. The number of carbonyl (C=O) groups is 2. The maximum atomic E-state index is 13.7. The van der Waals surface area contributed by atoms with Crippen LogP contribution in [0.2, 0.25) is 0 Å². The molecule has 132 valence electrons. The summed E-state index contributed by atoms with van der Waals surface area (Å²) in [5.74, 6) is -4.64. The number of benzene rings is 2. The smallest absolute Gasteiger partial charge is 0.267 e. The molecule has 2 amide bonds. The lowest BCUT2D eigenvalue weighted by Crippen LogP contribution is -2.52. The molecule has 3 rings (SSSR count). The first kappa shape index (κ1) is 17.5. The molecule has 3 N–H and O–H groups in total. The van der Waals surface area contributed by atoms with E-state index in [1.54, 1.807) is 6.07 Å². The SMILES string of the molecule is N#Cc1cc([C@H]2CNC(=O)C2(O)C(=O)Nc2ccccc2F)ccc1F. The molecule has 26 heavy (non-hydrogen) atoms. The van der Waals surface area contributed by atoms with E-state index >= 15 is 0 Å². The summed E-state index contributed by atoms with van der Waals surface area (Å²) < 4.78 is 27.3. The van der Waals surface area contributed by atoms with Gasteiger partial charge >= 0.3 is 0 Å². The number of rotatable bonds is 3. The molecule has 2 aromatic carbocycles. The van der Waals surface area contributed by atoms with Gasteiger partial charge in [-0.1, -0.05) is 18.2 Å². The number of hydrogen-bond acceptors (Lipinski definition) is 4. The first-order valence-corrected chi connectivity index (χ1v) is 7.64. The number of amides is 2. The van der Waals surface area contributed by atoms with E-state index in [0.29, 0.717) is 0 Å². The molecule has 1 heterocycles. The summed E-state index contributed by atoms with van der Waals surface area (Å²) in [5.41, 5.74) is -2.78. The van der Waals surface area contributed by atoms with Crippen LogP contribution in [0.15, 0.2) is 42.5 Å². The molecule has 0 spiro atoms. The van der Waals surface area contributed by atoms with Crippen LogP contribution in [0.25, 0.3) is 0 Å². The van der Waals surface area contributed by atoms with Crippen molar-refractivity contribution in [2.24, 2.45) is 0 Å². The number of nitriles is 1. The topological polar surface area (TPSA) is 102 Å². The molecule has 0 aliphatic carbocycles. The molecular weight excluding hydrogens is 344 g/mol. The Labute approximate surface area is 147 Å². The fourth-order valence-electron chi connectivity index (χ4n) is 2.88. The van der Waals surface area contributed by atoms with Crippen molar-refractivity contribution in [1.29, 1.82) is 5.26 Å². The number of halogens is 2. The summed E-state index contributed by atoms with van der Waals surface area (Å²) in [6.07, 6.45) is 0. The molecule has 1 aliphatic rings. The Kier molecular flexibility index (Phi) is 4.40. The fourth-order valence-corrected chi connectivity index (χ4v) is 2.88. The highest BCUT2D eigenvalue weighted by atomic mass is 19.1. The fraction of sp³-hybridized carbons (Fsp3) is 0.167. The highest BCUT2D eigenvalue weighted by Crippen LogP contribution is 2.34. The number of nitrogens with zero attached hydrogens (tertiary/aromatic N) is 1. The molecule has 1 fully saturated rings. The van der Waals surface area contributed by atoms with Crippen molar-refractivity contribution < 1.29 is 23.5 Å². The van der Waals surface area contributed by atoms with Gasteiger partial charge in [0.05, 0.1) is 11.3 Å². The zero-order chi connectivity index (χ0) is 18.9. The lowest BCUT2D eigenvalue weighted by Gasteiger charge is -2.26. The van der Waals surface area contributed by atoms with Gasteiger partial charge in [0.25, 0.3) is 11.8 Å². The van der Waals surface area contributed by atoms with Crippen LogP contribution in [-0.4, -0.2) is 29.1 Å². The van der Waals surface area contributed by atoms with Gasteiger partial charge in [-0.05, 0) is 29.8 Å². The molecule has 1 aliphatic heterocycles. The molecule has 1 saturated heterocycles. The second kappa shape index (κ2) is 6.54. The first-order valence-electron chi connectivity index (χ1n) is 7.64. The van der Waals surface area contributed by atoms with E-state index in [-0.39, 0.29) is 23.4 Å². The maximum Gasteiger partial charge on any atom is 0.267 e. The maximum absolute atomic E-state index is 13.7. The Morgan fingerprint density at radius 3 is 2.69 bits per heavy atom. The molecule has 2 atom stereocenters. The number of aliphatic hydroxyl groups is 1. The van der Waals surface area contributed by atoms with Gasteiger partial charge < -0.3 is 15.7 Å². The van der Waals surface area contributed by atoms with Crippen LogP contribution in [0, 0.1) is 23.0 Å². The second-order valence-corrected chi connectivity index (χ2v) is 5.81. The predicted molar refractivity (Wildman–Crippen MR) is 86.8 cm³/mol. The minimum absolute atomic E-state index is 0.101. The van der Waals surface area contributed by atoms with Gasteiger partial charge in [0.15, 0.2) is 0 Å². The Morgan fingerprint density at radius 1 is 1.27 bits per heavy atom. The van der Waals surface area contributed by atoms with Gasteiger partial charge in [0.1, 0.15) is 17.7 Å². The Hall–Kier alpha value is -3.31. The van der Waals surface area contributed by atoms with E-state index in [9.17, 15) is 23.5 Å². The summed E-state index contributed by atoms with van der Waals surface area (Å²) in [5, 5.41) is 24.3. The zero-order valence-corrected chi connectivity index (χ0v) is 13.3. The standard InChI is InChI=1S/C18H13F2N3O3/c19-13-6-5-10(7-11(13)8-21)12-9-22-16(24)18(12,26)17(25)23-15-4-2-1-3-14(15)20/h1-7,12,26H,9H2,(H,22,24)(H,23,25)/t12-,18?/m1/s1. The van der Waals surface area contributed by atoms with Gasteiger partial charge in [0, 0.05) is 12.5 Å². The Balaban J connectivity index is 1.97. The van der Waals surface area contributed by atoms with Gasteiger partial charge in [-0.3, -0.25) is 9.59 Å². The van der Waals surface area contributed by atoms with Crippen LogP contribution in [-0.2, 0) is 9.59 Å². The van der Waals surface area contributed by atoms with Crippen LogP contribution in [0.5, 0.6) is 0 Å². The van der Waals surface area contributed by atoms with Crippen molar-refractivity contribution in [1.82, 2.24) is 5.32 Å². The summed E-state index contributed by atoms with van der Waals surface area (Å²) in [6.45, 7) is -0.101. The minimum Gasteiger partial charge on any atom is -0.371 e. The van der Waals surface area contributed by atoms with Gasteiger partial charge in [-0.25, -0.2) is 8.78 Å². The van der Waals surface area contributed by atoms with E-state index in [1.165, 1.54) is 30.3 Å². The Bertz CT molecular complexity index is 942. The van der Waals surface area contributed by atoms with Crippen LogP contribution >= 0.6 is 0 Å². The summed E-state index contributed by atoms with van der Waals surface area (Å²) in [4.78, 5) is 24.7. The van der Waals surface area contributed by atoms with E-state index in [4.69, 9.17) is 5.26 Å². The average molecular weight is 357 g/mol. The zero-order valence-electron chi connectivity index (χ0n) is 13.3. The van der Waals surface area contributed by atoms with Crippen molar-refractivity contribution in [3.05, 3.63) is 65.2 Å². The minimum atomic E-state index is -2.53. The van der Waals surface area contributed by atoms with E-state index in [2.05, 4.69) is 10.6 Å². The molecule has 1 unspecified atom stereocenters. The average Bonchev–Trinajstić information content (AvgIpc) is 2.94. The lowest BCUT2D eigenvalue weighted by atomic mass is 9.83. The van der Waals surface area contributed by atoms with Gasteiger partial charge in [-0.15, -0.1) is 0 Å². The summed E-state index contributed by atoms with van der Waals surface area (Å²) >= 11 is 0. The molecule has 6 nitrogen and oxygen atoms in total. The van der Waals surface area contributed by atoms with E-state index < -0.39 is 35.0 Å². The third kappa shape index (κ3) is 2.78. The third-order valence-electron chi connectivity index (χ3n) is 4.30. The van der Waals surface area contributed by atoms with Crippen LogP contribution in [0.1, 0.15) is 17.0 Å². The van der Waals surface area contributed by atoms with Crippen molar-refractivity contribution in [3.8, 4) is 6.07 Å². The number of para-hydroxylation sites is 1. The van der Waals surface area contributed by atoms with Gasteiger partial charge in [0.2, 0.25) is 5.60 Å². The van der Waals surface area contributed by atoms with Crippen molar-refractivity contribution in [3.63, 3.8) is 0 Å². The third-order valence-corrected chi connectivity index (χ3v) is 4.30. The summed E-state index contributed by atoms with van der Waals surface area (Å²) in [6, 6.07) is 10.4. The molecular formula is C18H13F2N3O3. The lowest BCUT2D eigenvalue weighted by molar-refractivity contribution is -0.148. The number of carbonyl (C=O) groups excluding carboxylic acids is 2. The molecule has 0 aromatic heterocycles. The van der Waals surface area contributed by atoms with Crippen LogP contribution < -0.4 is 10.6 Å². The van der Waals surface area contributed by atoms with Crippen LogP contribution in [0.3, 0.4) is 0 Å². The molecule has 0 bridgehead atoms. The quantitative estimate of drug-likeness (QED) is 0.723. The highest BCUT2D eigenvalue weighted by Gasteiger charge is 2.55. The van der Waals surface area contributed by atoms with Crippen molar-refractivity contribution in [2.75, 3.05) is 11.9 Å². The predicted octanol–water partition coefficient (Wildman–Crippen LogP) is 1.42. The molecule has 0 saturated carbocycles. The number of anilines is 1. The molecule has 8 heteroatoms. The van der Waals surface area contributed by atoms with Gasteiger partial charge in [-0.2, -0.15) is 5.26 Å². The Morgan fingerprint density at radius 2 is 2.00 bits per heavy atom. The summed E-state index contributed by atoms with van der Waals surface area (Å²) in [7, 11) is 0. The second-order valence-electron chi connectivity index (χ2n) is 5.81. The number of nitrogens with one attached hydrogen (secondary N) is 2. The van der Waals surface area contributed by atoms with E-state index in [0.717, 1.165) is 12.1 Å². The van der Waals surface area contributed by atoms with Crippen molar-refractivity contribution in [2.45, 2.75) is 11.5 Å². The number of hydrogen-bond donors (Lipinski definition) is 3. The van der Waals surface area contributed by atoms with Crippen LogP contribution in [0.4, 0.5) is 14.5 Å². The monoisotopic (exact) mass is 357 g/mol. The van der Waals surface area contributed by atoms with E-state index in [1.807, 2.05) is 0 Å². The van der Waals surface area contributed by atoms with Crippen molar-refractivity contribution >= 4 is 17.5 Å². The molecule has 0 radical (unpaired) electrons. The highest BCUT2D eigenvalue weighted by molar-refractivity contribution is 6.15.